The third kappa shape index (κ3) is 64.1. The van der Waals surface area contributed by atoms with Crippen LogP contribution < -0.4 is 0 Å². The lowest BCUT2D eigenvalue weighted by Crippen LogP contribution is -2.30. The minimum atomic E-state index is -4.96. The number of ether oxygens (including phenoxy) is 4. The van der Waals surface area contributed by atoms with Crippen molar-refractivity contribution in [1.29, 1.82) is 0 Å². The van der Waals surface area contributed by atoms with Gasteiger partial charge in [0.15, 0.2) is 12.2 Å². The molecule has 0 aliphatic heterocycles. The molecule has 0 spiro atoms. The van der Waals surface area contributed by atoms with E-state index in [1.165, 1.54) is 128 Å². The minimum absolute atomic E-state index is 0.101. The van der Waals surface area contributed by atoms with Crippen LogP contribution in [0.25, 0.3) is 0 Å². The summed E-state index contributed by atoms with van der Waals surface area (Å²) in [6.07, 6.45) is 52.8. The number of hydrogen-bond acceptors (Lipinski definition) is 15. The zero-order valence-corrected chi connectivity index (χ0v) is 58.8. The van der Waals surface area contributed by atoms with Gasteiger partial charge in [-0.2, -0.15) is 0 Å². The maximum atomic E-state index is 13.0. The molecule has 0 rings (SSSR count). The Morgan fingerprint density at radius 2 is 0.607 bits per heavy atom. The Labute approximate surface area is 542 Å². The summed E-state index contributed by atoms with van der Waals surface area (Å²) in [5, 5.41) is 10.5. The van der Waals surface area contributed by atoms with E-state index in [1.54, 1.807) is 0 Å². The largest absolute Gasteiger partial charge is 0.472 e. The van der Waals surface area contributed by atoms with E-state index in [2.05, 4.69) is 58.9 Å². The van der Waals surface area contributed by atoms with Crippen molar-refractivity contribution in [3.63, 3.8) is 0 Å². The summed E-state index contributed by atoms with van der Waals surface area (Å²) in [7, 11) is -9.89. The van der Waals surface area contributed by atoms with Crippen molar-refractivity contribution in [1.82, 2.24) is 0 Å². The second-order valence-electron chi connectivity index (χ2n) is 25.1. The smallest absolute Gasteiger partial charge is 0.462 e. The Bertz CT molecular complexity index is 1810. The third-order valence-corrected chi connectivity index (χ3v) is 17.6. The summed E-state index contributed by atoms with van der Waals surface area (Å²) in [6, 6.07) is 0. The predicted octanol–water partition coefficient (Wildman–Crippen LogP) is 19.7. The molecular weight excluding hydrogens is 1170 g/mol. The van der Waals surface area contributed by atoms with Crippen LogP contribution in [0.1, 0.15) is 336 Å². The molecule has 0 bridgehead atoms. The average Bonchev–Trinajstić information content (AvgIpc) is 3.59. The second-order valence-corrected chi connectivity index (χ2v) is 28.0. The van der Waals surface area contributed by atoms with Gasteiger partial charge in [0.05, 0.1) is 26.4 Å². The highest BCUT2D eigenvalue weighted by Gasteiger charge is 2.30. The minimum Gasteiger partial charge on any atom is -0.462 e. The lowest BCUT2D eigenvalue weighted by atomic mass is 10.0. The monoisotopic (exact) mass is 1310 g/mol. The van der Waals surface area contributed by atoms with Crippen LogP contribution in [0, 0.1) is 5.92 Å². The number of aliphatic hydroxyl groups is 1. The highest BCUT2D eigenvalue weighted by atomic mass is 31.2. The Balaban J connectivity index is 5.13. The SMILES string of the molecule is CCCCCC/C=C\C=C/CCCCCCCC(=O)OC[C@H](COP(=O)(O)OC[C@@H](O)COP(=O)(O)OC[C@@H](COC(=O)CCCCCCC)OC(=O)CCCCCCCCCC)OC(=O)CCCCCCCCCCCCCCCCCCCCC(C)C. The molecule has 0 amide bonds. The van der Waals surface area contributed by atoms with Gasteiger partial charge in [-0.3, -0.25) is 37.3 Å². The van der Waals surface area contributed by atoms with Crippen molar-refractivity contribution in [3.05, 3.63) is 24.3 Å². The highest BCUT2D eigenvalue weighted by molar-refractivity contribution is 7.47. The fourth-order valence-corrected chi connectivity index (χ4v) is 11.7. The van der Waals surface area contributed by atoms with Gasteiger partial charge in [0.25, 0.3) is 0 Å². The molecule has 0 aliphatic rings. The number of aliphatic hydroxyl groups excluding tert-OH is 1. The van der Waals surface area contributed by atoms with E-state index in [1.807, 2.05) is 0 Å². The topological polar surface area (TPSA) is 237 Å². The van der Waals surface area contributed by atoms with Gasteiger partial charge in [0.1, 0.15) is 19.3 Å². The second kappa shape index (κ2) is 63.0. The van der Waals surface area contributed by atoms with Crippen molar-refractivity contribution in [3.8, 4) is 0 Å². The number of unbranched alkanes of at least 4 members (excludes halogenated alkanes) is 37. The Morgan fingerprint density at radius 3 is 0.921 bits per heavy atom. The summed E-state index contributed by atoms with van der Waals surface area (Å²) in [4.78, 5) is 72.1. The van der Waals surface area contributed by atoms with Crippen LogP contribution in [-0.4, -0.2) is 96.7 Å². The first kappa shape index (κ1) is 86.5. The molecule has 5 atom stereocenters. The van der Waals surface area contributed by atoms with Crippen molar-refractivity contribution in [2.45, 2.75) is 355 Å². The van der Waals surface area contributed by atoms with Crippen LogP contribution in [-0.2, 0) is 65.4 Å². The summed E-state index contributed by atoms with van der Waals surface area (Å²) >= 11 is 0. The number of phosphoric ester groups is 2. The van der Waals surface area contributed by atoms with Gasteiger partial charge in [0, 0.05) is 25.7 Å². The van der Waals surface area contributed by atoms with Gasteiger partial charge < -0.3 is 33.8 Å². The average molecular weight is 1310 g/mol. The van der Waals surface area contributed by atoms with Crippen LogP contribution in [0.3, 0.4) is 0 Å². The molecule has 0 aromatic heterocycles. The maximum Gasteiger partial charge on any atom is 0.472 e. The Morgan fingerprint density at radius 1 is 0.348 bits per heavy atom. The molecule has 0 fully saturated rings. The molecule has 0 aromatic carbocycles. The van der Waals surface area contributed by atoms with Gasteiger partial charge >= 0.3 is 39.5 Å². The molecule has 89 heavy (non-hydrogen) atoms. The zero-order valence-electron chi connectivity index (χ0n) is 57.0. The van der Waals surface area contributed by atoms with Gasteiger partial charge in [-0.05, 0) is 57.3 Å². The third-order valence-electron chi connectivity index (χ3n) is 15.7. The molecular formula is C70H132O17P2. The first-order valence-corrected chi connectivity index (χ1v) is 38.9. The van der Waals surface area contributed by atoms with Crippen LogP contribution in [0.2, 0.25) is 0 Å². The lowest BCUT2D eigenvalue weighted by Gasteiger charge is -2.21. The van der Waals surface area contributed by atoms with E-state index < -0.39 is 97.5 Å². The number of carbonyl (C=O) groups excluding carboxylic acids is 4. The standard InChI is InChI=1S/C70H132O17P2/c1-6-9-12-15-17-19-20-21-26-30-33-36-40-44-49-54-68(73)81-60-66(87-70(75)56-51-46-41-37-34-31-28-25-23-22-24-27-29-32-35-38-43-47-52-63(4)5)62-85-89(78,79)83-58-64(71)57-82-88(76,77)84-61-65(59-80-67(72)53-48-42-14-11-8-3)86-69(74)55-50-45-39-18-16-13-10-7-2/h19-21,26,63-66,71H,6-18,22-25,27-62H2,1-5H3,(H,76,77)(H,78,79)/b20-19-,26-21-/t64-,65+,66+/m0/s1. The van der Waals surface area contributed by atoms with Crippen molar-refractivity contribution in [2.75, 3.05) is 39.6 Å². The van der Waals surface area contributed by atoms with E-state index in [-0.39, 0.29) is 25.7 Å². The molecule has 2 unspecified atom stereocenters. The van der Waals surface area contributed by atoms with Gasteiger partial charge in [-0.25, -0.2) is 9.13 Å². The quantitative estimate of drug-likeness (QED) is 0.0169. The number of hydrogen-bond donors (Lipinski definition) is 3. The maximum absolute atomic E-state index is 13.0. The van der Waals surface area contributed by atoms with Gasteiger partial charge in [-0.15, -0.1) is 0 Å². The molecule has 524 valence electrons. The van der Waals surface area contributed by atoms with E-state index in [9.17, 15) is 43.2 Å². The normalized spacial score (nSPS) is 14.3. The van der Waals surface area contributed by atoms with Crippen LogP contribution in [0.15, 0.2) is 24.3 Å². The molecule has 19 heteroatoms. The van der Waals surface area contributed by atoms with E-state index in [4.69, 9.17) is 37.0 Å². The summed E-state index contributed by atoms with van der Waals surface area (Å²) in [5.74, 6) is -1.35. The molecule has 3 N–H and O–H groups in total. The number of esters is 4. The molecule has 0 heterocycles. The van der Waals surface area contributed by atoms with Crippen molar-refractivity contribution in [2.24, 2.45) is 5.92 Å². The molecule has 17 nitrogen and oxygen atoms in total. The van der Waals surface area contributed by atoms with Crippen molar-refractivity contribution < 1.29 is 80.2 Å². The first-order chi connectivity index (χ1) is 43.0. The summed E-state index contributed by atoms with van der Waals surface area (Å²) in [6.45, 7) is 7.09. The first-order valence-electron chi connectivity index (χ1n) is 36.0. The van der Waals surface area contributed by atoms with Crippen LogP contribution in [0.4, 0.5) is 0 Å². The Hall–Kier alpha value is -2.46. The fraction of sp³-hybridized carbons (Fsp3) is 0.886. The molecule has 0 saturated heterocycles. The molecule has 0 radical (unpaired) electrons. The van der Waals surface area contributed by atoms with Crippen LogP contribution in [0.5, 0.6) is 0 Å². The van der Waals surface area contributed by atoms with Gasteiger partial charge in [-0.1, -0.05) is 284 Å². The summed E-state index contributed by atoms with van der Waals surface area (Å²) < 4.78 is 67.9. The zero-order chi connectivity index (χ0) is 65.6. The lowest BCUT2D eigenvalue weighted by molar-refractivity contribution is -0.161. The number of rotatable bonds is 68. The van der Waals surface area contributed by atoms with E-state index in [0.717, 1.165) is 128 Å². The van der Waals surface area contributed by atoms with Crippen molar-refractivity contribution >= 4 is 39.5 Å². The predicted molar refractivity (Wildman–Crippen MR) is 358 cm³/mol. The molecule has 0 aliphatic carbocycles. The van der Waals surface area contributed by atoms with E-state index >= 15 is 0 Å². The number of allylic oxidation sites excluding steroid dienone is 4. The number of phosphoric acid groups is 2. The van der Waals surface area contributed by atoms with E-state index in [0.29, 0.717) is 25.7 Å². The summed E-state index contributed by atoms with van der Waals surface area (Å²) in [5.41, 5.74) is 0. The fourth-order valence-electron chi connectivity index (χ4n) is 10.1. The Kier molecular flexibility index (Phi) is 61.2. The van der Waals surface area contributed by atoms with Gasteiger partial charge in [0.2, 0.25) is 0 Å². The molecule has 0 aromatic rings. The van der Waals surface area contributed by atoms with Crippen LogP contribution >= 0.6 is 15.6 Å². The molecule has 0 saturated carbocycles. The number of carbonyl (C=O) groups is 4. The highest BCUT2D eigenvalue weighted by Crippen LogP contribution is 2.45.